The van der Waals surface area contributed by atoms with Gasteiger partial charge in [-0.2, -0.15) is 8.78 Å². The number of halogens is 5. The number of ether oxygens (including phenoxy) is 2. The van der Waals surface area contributed by atoms with Gasteiger partial charge >= 0.3 is 6.55 Å². The maximum atomic E-state index is 14.1. The molecule has 40 heavy (non-hydrogen) atoms. The number of alkyl halides is 4. The number of carbonyl (C=O) groups excluding carboxylic acids is 2. The minimum absolute atomic E-state index is 0.00115. The summed E-state index contributed by atoms with van der Waals surface area (Å²) >= 11 is 0. The molecule has 3 aromatic rings. The number of methoxy groups -OCH3 is 1. The number of nitrogens with zero attached hydrogens (tertiary/aromatic N) is 2. The number of rotatable bonds is 10. The van der Waals surface area contributed by atoms with Crippen LogP contribution in [0.15, 0.2) is 47.5 Å². The Bertz CT molecular complexity index is 1450. The average molecular weight is 562 g/mol. The van der Waals surface area contributed by atoms with Crippen LogP contribution < -0.4 is 20.5 Å². The van der Waals surface area contributed by atoms with Gasteiger partial charge in [-0.3, -0.25) is 4.79 Å². The first kappa shape index (κ1) is 28.5. The van der Waals surface area contributed by atoms with Crippen molar-refractivity contribution >= 4 is 24.1 Å². The van der Waals surface area contributed by atoms with E-state index in [4.69, 9.17) is 15.2 Å². The first-order valence-corrected chi connectivity index (χ1v) is 11.8. The van der Waals surface area contributed by atoms with Gasteiger partial charge < -0.3 is 25.3 Å². The predicted octanol–water partition coefficient (Wildman–Crippen LogP) is 4.19. The largest absolute Gasteiger partial charge is 0.495 e. The maximum absolute atomic E-state index is 14.1. The third-order valence-corrected chi connectivity index (χ3v) is 6.35. The molecule has 1 aromatic heterocycles. The third-order valence-electron chi connectivity index (χ3n) is 6.35. The van der Waals surface area contributed by atoms with E-state index in [-0.39, 0.29) is 64.5 Å². The molecule has 3 N–H and O–H groups in total. The number of amides is 1. The highest BCUT2D eigenvalue weighted by molar-refractivity contribution is 5.99. The van der Waals surface area contributed by atoms with Gasteiger partial charge in [-0.05, 0) is 42.5 Å². The highest BCUT2D eigenvalue weighted by Gasteiger charge is 2.50. The third kappa shape index (κ3) is 5.58. The standard InChI is InChI=1S/C27H23F5N4O4/c1-39-20-9-15(8-16(21(20)33)11-35-26(31)32)24(38)34-7-6-18-10-19-23(40-13-27(19,12-37)25(29)30)22(36-18)14-2-4-17(28)5-3-14/h2-5,8-12,25-26H,6-7,13,33H2,1H3,(H,34,38)/b35-11+. The number of aldehydes is 1. The van der Waals surface area contributed by atoms with Gasteiger partial charge in [0.05, 0.1) is 12.8 Å². The van der Waals surface area contributed by atoms with Crippen LogP contribution in [-0.4, -0.2) is 56.6 Å². The van der Waals surface area contributed by atoms with Gasteiger partial charge in [0.1, 0.15) is 41.3 Å². The van der Waals surface area contributed by atoms with Crippen LogP contribution in [-0.2, 0) is 16.6 Å². The van der Waals surface area contributed by atoms with Gasteiger partial charge in [0.2, 0.25) is 0 Å². The van der Waals surface area contributed by atoms with E-state index in [1.807, 2.05) is 0 Å². The molecule has 1 aliphatic rings. The van der Waals surface area contributed by atoms with Crippen molar-refractivity contribution in [1.82, 2.24) is 10.3 Å². The fourth-order valence-electron chi connectivity index (χ4n) is 4.21. The van der Waals surface area contributed by atoms with Gasteiger partial charge in [0.15, 0.2) is 0 Å². The molecular formula is C27H23F5N4O4. The Labute approximate surface area is 225 Å². The Kier molecular flexibility index (Phi) is 8.31. The monoisotopic (exact) mass is 562 g/mol. The molecule has 1 unspecified atom stereocenters. The summed E-state index contributed by atoms with van der Waals surface area (Å²) in [6.07, 6.45) is -2.04. The van der Waals surface area contributed by atoms with E-state index in [0.717, 1.165) is 6.21 Å². The fourth-order valence-corrected chi connectivity index (χ4v) is 4.21. The zero-order valence-corrected chi connectivity index (χ0v) is 21.0. The van der Waals surface area contributed by atoms with Crippen molar-refractivity contribution in [3.63, 3.8) is 0 Å². The van der Waals surface area contributed by atoms with Crippen molar-refractivity contribution in [3.05, 3.63) is 70.7 Å². The Morgan fingerprint density at radius 3 is 2.58 bits per heavy atom. The number of fused-ring (bicyclic) bond motifs is 1. The summed E-state index contributed by atoms with van der Waals surface area (Å²) in [7, 11) is 1.29. The molecule has 0 fully saturated rings. The van der Waals surface area contributed by atoms with Crippen molar-refractivity contribution in [2.45, 2.75) is 24.8 Å². The number of hydrogen-bond donors (Lipinski definition) is 2. The average Bonchev–Trinajstić information content (AvgIpc) is 3.32. The number of hydrogen-bond acceptors (Lipinski definition) is 7. The van der Waals surface area contributed by atoms with Crippen LogP contribution in [0.1, 0.15) is 27.2 Å². The van der Waals surface area contributed by atoms with Crippen molar-refractivity contribution in [3.8, 4) is 22.8 Å². The number of aromatic nitrogens is 1. The lowest BCUT2D eigenvalue weighted by atomic mass is 9.83. The molecule has 2 aromatic carbocycles. The first-order valence-electron chi connectivity index (χ1n) is 11.8. The van der Waals surface area contributed by atoms with Crippen LogP contribution in [0.2, 0.25) is 0 Å². The minimum atomic E-state index is -3.06. The highest BCUT2D eigenvalue weighted by atomic mass is 19.3. The molecule has 210 valence electrons. The molecule has 2 heterocycles. The molecule has 0 saturated heterocycles. The van der Waals surface area contributed by atoms with Crippen LogP contribution in [0.25, 0.3) is 11.3 Å². The van der Waals surface area contributed by atoms with E-state index in [9.17, 15) is 31.5 Å². The molecule has 0 spiro atoms. The number of nitrogens with two attached hydrogens (primary N) is 1. The maximum Gasteiger partial charge on any atom is 0.331 e. The van der Waals surface area contributed by atoms with E-state index >= 15 is 0 Å². The fraction of sp³-hybridized carbons (Fsp3) is 0.259. The zero-order chi connectivity index (χ0) is 29.0. The van der Waals surface area contributed by atoms with E-state index in [1.54, 1.807) is 0 Å². The second kappa shape index (κ2) is 11.7. The molecule has 0 radical (unpaired) electrons. The number of nitrogen functional groups attached to an aromatic ring is 1. The molecular weight excluding hydrogens is 539 g/mol. The molecule has 1 aliphatic heterocycles. The van der Waals surface area contributed by atoms with Gasteiger partial charge in [-0.25, -0.2) is 23.1 Å². The number of nitrogens with one attached hydrogen (secondary N) is 1. The van der Waals surface area contributed by atoms with E-state index in [0.29, 0.717) is 5.56 Å². The Morgan fingerprint density at radius 2 is 1.95 bits per heavy atom. The quantitative estimate of drug-likeness (QED) is 0.126. The Morgan fingerprint density at radius 1 is 1.23 bits per heavy atom. The molecule has 8 nitrogen and oxygen atoms in total. The molecule has 0 bridgehead atoms. The number of anilines is 1. The van der Waals surface area contributed by atoms with E-state index in [1.165, 1.54) is 49.6 Å². The van der Waals surface area contributed by atoms with Gasteiger partial charge in [0, 0.05) is 47.1 Å². The minimum Gasteiger partial charge on any atom is -0.495 e. The van der Waals surface area contributed by atoms with E-state index in [2.05, 4.69) is 15.3 Å². The smallest absolute Gasteiger partial charge is 0.331 e. The number of benzene rings is 2. The van der Waals surface area contributed by atoms with Gasteiger partial charge in [0.25, 0.3) is 12.3 Å². The molecule has 4 rings (SSSR count). The lowest BCUT2D eigenvalue weighted by Gasteiger charge is -2.20. The van der Waals surface area contributed by atoms with Gasteiger partial charge in [-0.1, -0.05) is 0 Å². The second-order valence-electron chi connectivity index (χ2n) is 8.84. The van der Waals surface area contributed by atoms with Gasteiger partial charge in [-0.15, -0.1) is 0 Å². The number of aliphatic imine (C=N–C) groups is 1. The topological polar surface area (TPSA) is 116 Å². The van der Waals surface area contributed by atoms with Crippen LogP contribution in [0.4, 0.5) is 27.6 Å². The summed E-state index contributed by atoms with van der Waals surface area (Å²) in [5.74, 6) is -1.05. The summed E-state index contributed by atoms with van der Waals surface area (Å²) in [6.45, 7) is -3.59. The van der Waals surface area contributed by atoms with Crippen LogP contribution in [0.5, 0.6) is 11.5 Å². The van der Waals surface area contributed by atoms with Crippen LogP contribution in [0, 0.1) is 5.82 Å². The Hall–Kier alpha value is -4.55. The molecule has 0 aliphatic carbocycles. The molecule has 13 heteroatoms. The van der Waals surface area contributed by atoms with Crippen LogP contribution >= 0.6 is 0 Å². The SMILES string of the molecule is COc1cc(C(=O)NCCc2cc3c(c(-c4ccc(F)cc4)n2)OCC3(C=O)C(F)F)cc(/C=N/C(F)F)c1N. The summed E-state index contributed by atoms with van der Waals surface area (Å²) in [5.41, 5.74) is 4.51. The highest BCUT2D eigenvalue weighted by Crippen LogP contribution is 2.46. The van der Waals surface area contributed by atoms with E-state index < -0.39 is 36.7 Å². The predicted molar refractivity (Wildman–Crippen MR) is 136 cm³/mol. The van der Waals surface area contributed by atoms with Crippen molar-refractivity contribution in [1.29, 1.82) is 0 Å². The summed E-state index contributed by atoms with van der Waals surface area (Å²) in [5, 5.41) is 2.64. The summed E-state index contributed by atoms with van der Waals surface area (Å²) in [4.78, 5) is 32.1. The molecule has 1 atom stereocenters. The number of pyridine rings is 1. The lowest BCUT2D eigenvalue weighted by Crippen LogP contribution is -2.38. The second-order valence-corrected chi connectivity index (χ2v) is 8.84. The van der Waals surface area contributed by atoms with Crippen molar-refractivity contribution in [2.24, 2.45) is 4.99 Å². The Balaban J connectivity index is 1.61. The number of carbonyl (C=O) groups is 2. The molecule has 0 saturated carbocycles. The van der Waals surface area contributed by atoms with Crippen molar-refractivity contribution in [2.75, 3.05) is 26.0 Å². The normalized spacial score (nSPS) is 16.3. The lowest BCUT2D eigenvalue weighted by molar-refractivity contribution is -0.118. The molecule has 1 amide bonds. The first-order chi connectivity index (χ1) is 19.1. The summed E-state index contributed by atoms with van der Waals surface area (Å²) in [6, 6.07) is 9.06. The van der Waals surface area contributed by atoms with Crippen molar-refractivity contribution < 1.29 is 41.0 Å². The summed E-state index contributed by atoms with van der Waals surface area (Å²) < 4.78 is 77.3. The van der Waals surface area contributed by atoms with Crippen LogP contribution in [0.3, 0.4) is 0 Å². The zero-order valence-electron chi connectivity index (χ0n) is 21.0.